The number of piperidine rings is 1. The first-order valence-electron chi connectivity index (χ1n) is 9.85. The van der Waals surface area contributed by atoms with Crippen LogP contribution in [0.3, 0.4) is 0 Å². The Balaban J connectivity index is 1.43. The van der Waals surface area contributed by atoms with Gasteiger partial charge < -0.3 is 20.9 Å². The lowest BCUT2D eigenvalue weighted by Gasteiger charge is -2.29. The smallest absolute Gasteiger partial charge is 0.280 e. The van der Waals surface area contributed by atoms with Crippen LogP contribution in [0.4, 0.5) is 17.2 Å². The molecule has 0 radical (unpaired) electrons. The lowest BCUT2D eigenvalue weighted by atomic mass is 10.1. The van der Waals surface area contributed by atoms with E-state index in [1.807, 2.05) is 18.2 Å². The van der Waals surface area contributed by atoms with E-state index in [9.17, 15) is 4.79 Å². The Bertz CT molecular complexity index is 1070. The lowest BCUT2D eigenvalue weighted by Crippen LogP contribution is -2.43. The number of nitrogens with two attached hydrogens (primary N) is 1. The fraction of sp³-hybridized carbons (Fsp3) is 0.400. The Labute approximate surface area is 172 Å². The van der Waals surface area contributed by atoms with E-state index in [0.29, 0.717) is 10.5 Å². The molecule has 4 heterocycles. The van der Waals surface area contributed by atoms with Gasteiger partial charge in [-0.25, -0.2) is 15.0 Å². The Morgan fingerprint density at radius 1 is 1.24 bits per heavy atom. The Hall–Kier alpha value is -2.78. The molecule has 0 saturated carbocycles. The van der Waals surface area contributed by atoms with Gasteiger partial charge in [0.2, 0.25) is 0 Å². The number of aromatic nitrogens is 3. The van der Waals surface area contributed by atoms with Gasteiger partial charge in [-0.1, -0.05) is 11.3 Å². The first-order chi connectivity index (χ1) is 14.1. The summed E-state index contributed by atoms with van der Waals surface area (Å²) in [4.78, 5) is 31.4. The van der Waals surface area contributed by atoms with Crippen LogP contribution in [0.5, 0.6) is 0 Å². The van der Waals surface area contributed by atoms with E-state index in [-0.39, 0.29) is 11.9 Å². The molecular weight excluding hydrogens is 386 g/mol. The third kappa shape index (κ3) is 3.40. The molecule has 2 aromatic heterocycles. The summed E-state index contributed by atoms with van der Waals surface area (Å²) in [6, 6.07) is 6.13. The summed E-state index contributed by atoms with van der Waals surface area (Å²) < 4.78 is 0. The SMILES string of the molecule is CN1CCC(NC(=O)c2nc3c(N4CCc5cc(N)ccc54)ncnc3s2)CC1. The highest BCUT2D eigenvalue weighted by atomic mass is 32.1. The fourth-order valence-corrected chi connectivity index (χ4v) is 4.88. The Kier molecular flexibility index (Phi) is 4.56. The minimum absolute atomic E-state index is 0.122. The highest BCUT2D eigenvalue weighted by Gasteiger charge is 2.26. The van der Waals surface area contributed by atoms with Crippen LogP contribution in [0.25, 0.3) is 10.3 Å². The van der Waals surface area contributed by atoms with Crippen molar-refractivity contribution in [1.82, 2.24) is 25.2 Å². The molecule has 1 aromatic carbocycles. The van der Waals surface area contributed by atoms with Crippen LogP contribution >= 0.6 is 11.3 Å². The van der Waals surface area contributed by atoms with Gasteiger partial charge in [-0.2, -0.15) is 0 Å². The molecule has 150 valence electrons. The van der Waals surface area contributed by atoms with Gasteiger partial charge in [0.1, 0.15) is 16.7 Å². The van der Waals surface area contributed by atoms with E-state index in [0.717, 1.165) is 60.9 Å². The number of hydrogen-bond acceptors (Lipinski definition) is 8. The molecule has 3 N–H and O–H groups in total. The number of rotatable bonds is 3. The van der Waals surface area contributed by atoms with Crippen LogP contribution in [0.2, 0.25) is 0 Å². The molecule has 9 heteroatoms. The first kappa shape index (κ1) is 18.3. The van der Waals surface area contributed by atoms with Crippen LogP contribution < -0.4 is 16.0 Å². The number of amides is 1. The number of benzene rings is 1. The molecule has 3 aromatic rings. The molecule has 1 amide bonds. The maximum absolute atomic E-state index is 12.8. The zero-order valence-electron chi connectivity index (χ0n) is 16.3. The van der Waals surface area contributed by atoms with Gasteiger partial charge in [0.15, 0.2) is 10.8 Å². The number of thiazole rings is 1. The van der Waals surface area contributed by atoms with Gasteiger partial charge in [0, 0.05) is 24.0 Å². The number of likely N-dealkylation sites (tertiary alicyclic amines) is 1. The summed E-state index contributed by atoms with van der Waals surface area (Å²) in [6.45, 7) is 2.80. The molecule has 1 fully saturated rings. The molecule has 1 saturated heterocycles. The van der Waals surface area contributed by atoms with Crippen molar-refractivity contribution in [1.29, 1.82) is 0 Å². The molecule has 0 spiro atoms. The van der Waals surface area contributed by atoms with Crippen LogP contribution in [0.15, 0.2) is 24.5 Å². The number of anilines is 3. The van der Waals surface area contributed by atoms with Crippen molar-refractivity contribution in [2.24, 2.45) is 0 Å². The van der Waals surface area contributed by atoms with Crippen molar-refractivity contribution < 1.29 is 4.79 Å². The molecule has 2 aliphatic heterocycles. The van der Waals surface area contributed by atoms with Crippen molar-refractivity contribution in [3.8, 4) is 0 Å². The zero-order valence-corrected chi connectivity index (χ0v) is 17.1. The molecule has 29 heavy (non-hydrogen) atoms. The van der Waals surface area contributed by atoms with E-state index >= 15 is 0 Å². The highest BCUT2D eigenvalue weighted by Crippen LogP contribution is 2.38. The van der Waals surface area contributed by atoms with E-state index in [2.05, 4.69) is 37.1 Å². The maximum atomic E-state index is 12.8. The first-order valence-corrected chi connectivity index (χ1v) is 10.7. The van der Waals surface area contributed by atoms with Crippen LogP contribution in [0.1, 0.15) is 28.2 Å². The van der Waals surface area contributed by atoms with E-state index in [4.69, 9.17) is 5.73 Å². The largest absolute Gasteiger partial charge is 0.399 e. The topological polar surface area (TPSA) is 100 Å². The average Bonchev–Trinajstić information content (AvgIpc) is 3.33. The maximum Gasteiger partial charge on any atom is 0.280 e. The van der Waals surface area contributed by atoms with Crippen molar-refractivity contribution >= 4 is 44.8 Å². The number of hydrogen-bond donors (Lipinski definition) is 2. The lowest BCUT2D eigenvalue weighted by molar-refractivity contribution is 0.0916. The summed E-state index contributed by atoms with van der Waals surface area (Å²) >= 11 is 1.32. The monoisotopic (exact) mass is 409 g/mol. The van der Waals surface area contributed by atoms with Gasteiger partial charge in [-0.05, 0) is 63.2 Å². The molecule has 2 aliphatic rings. The van der Waals surface area contributed by atoms with Crippen molar-refractivity contribution in [2.75, 3.05) is 37.3 Å². The number of nitrogens with zero attached hydrogens (tertiary/aromatic N) is 5. The second-order valence-electron chi connectivity index (χ2n) is 7.71. The van der Waals surface area contributed by atoms with E-state index in [1.54, 1.807) is 6.33 Å². The second-order valence-corrected chi connectivity index (χ2v) is 8.69. The van der Waals surface area contributed by atoms with Crippen molar-refractivity contribution in [3.63, 3.8) is 0 Å². The Morgan fingerprint density at radius 2 is 2.07 bits per heavy atom. The second kappa shape index (κ2) is 7.23. The standard InChI is InChI=1S/C20H23N7OS/c1-26-7-5-14(6-8-26)24-18(28)20-25-16-17(22-11-23-19(16)29-20)27-9-4-12-10-13(21)2-3-15(12)27/h2-3,10-11,14H,4-9,21H2,1H3,(H,24,28). The van der Waals surface area contributed by atoms with Crippen LogP contribution in [-0.2, 0) is 6.42 Å². The predicted molar refractivity (Wildman–Crippen MR) is 115 cm³/mol. The summed E-state index contributed by atoms with van der Waals surface area (Å²) in [5, 5.41) is 3.58. The average molecular weight is 410 g/mol. The molecule has 0 bridgehead atoms. The summed E-state index contributed by atoms with van der Waals surface area (Å²) in [6.07, 6.45) is 4.38. The summed E-state index contributed by atoms with van der Waals surface area (Å²) in [5.41, 5.74) is 9.65. The fourth-order valence-electron chi connectivity index (χ4n) is 4.08. The molecule has 8 nitrogen and oxygen atoms in total. The van der Waals surface area contributed by atoms with Gasteiger partial charge in [-0.15, -0.1) is 0 Å². The molecular formula is C20H23N7OS. The number of carbonyl (C=O) groups excluding carboxylic acids is 1. The quantitative estimate of drug-likeness (QED) is 0.640. The molecule has 0 aliphatic carbocycles. The van der Waals surface area contributed by atoms with E-state index in [1.165, 1.54) is 16.9 Å². The van der Waals surface area contributed by atoms with Gasteiger partial charge >= 0.3 is 0 Å². The van der Waals surface area contributed by atoms with Gasteiger partial charge in [0.05, 0.1) is 0 Å². The highest BCUT2D eigenvalue weighted by molar-refractivity contribution is 7.20. The minimum Gasteiger partial charge on any atom is -0.399 e. The van der Waals surface area contributed by atoms with Crippen molar-refractivity contribution in [2.45, 2.75) is 25.3 Å². The van der Waals surface area contributed by atoms with Crippen molar-refractivity contribution in [3.05, 3.63) is 35.1 Å². The number of nitrogens with one attached hydrogen (secondary N) is 1. The Morgan fingerprint density at radius 3 is 2.90 bits per heavy atom. The van der Waals surface area contributed by atoms with Crippen LogP contribution in [0, 0.1) is 0 Å². The number of carbonyl (C=O) groups is 1. The minimum atomic E-state index is -0.122. The molecule has 0 atom stereocenters. The molecule has 5 rings (SSSR count). The zero-order chi connectivity index (χ0) is 20.0. The van der Waals surface area contributed by atoms with Crippen LogP contribution in [-0.4, -0.2) is 58.5 Å². The number of fused-ring (bicyclic) bond motifs is 2. The number of nitrogen functional groups attached to an aromatic ring is 1. The summed E-state index contributed by atoms with van der Waals surface area (Å²) in [7, 11) is 2.11. The van der Waals surface area contributed by atoms with E-state index < -0.39 is 0 Å². The third-order valence-corrected chi connectivity index (χ3v) is 6.64. The summed E-state index contributed by atoms with van der Waals surface area (Å²) in [5.74, 6) is 0.621. The normalized spacial score (nSPS) is 17.6. The predicted octanol–water partition coefficient (Wildman–Crippen LogP) is 2.19. The van der Waals surface area contributed by atoms with Gasteiger partial charge in [-0.3, -0.25) is 4.79 Å². The third-order valence-electron chi connectivity index (χ3n) is 5.68. The van der Waals surface area contributed by atoms with Gasteiger partial charge in [0.25, 0.3) is 5.91 Å². The molecule has 0 unspecified atom stereocenters.